The van der Waals surface area contributed by atoms with Gasteiger partial charge in [0.15, 0.2) is 0 Å². The van der Waals surface area contributed by atoms with E-state index in [2.05, 4.69) is 23.0 Å². The number of hydrogen-bond acceptors (Lipinski definition) is 4. The molecule has 0 atom stereocenters. The van der Waals surface area contributed by atoms with Crippen molar-refractivity contribution in [3.8, 4) is 5.75 Å². The molecule has 4 heteroatoms. The van der Waals surface area contributed by atoms with Crippen molar-refractivity contribution >= 4 is 0 Å². The van der Waals surface area contributed by atoms with E-state index < -0.39 is 0 Å². The van der Waals surface area contributed by atoms with Crippen LogP contribution in [0.2, 0.25) is 0 Å². The number of aromatic nitrogens is 1. The molecule has 2 aromatic rings. The van der Waals surface area contributed by atoms with Crippen LogP contribution in [0.1, 0.15) is 11.1 Å². The van der Waals surface area contributed by atoms with Crippen LogP contribution >= 0.6 is 0 Å². The van der Waals surface area contributed by atoms with Gasteiger partial charge >= 0.3 is 0 Å². The molecule has 0 aliphatic carbocycles. The molecule has 0 saturated carbocycles. The Labute approximate surface area is 120 Å². The Morgan fingerprint density at radius 3 is 2.80 bits per heavy atom. The average molecular weight is 271 g/mol. The molecule has 0 saturated heterocycles. The second-order valence-electron chi connectivity index (χ2n) is 4.76. The van der Waals surface area contributed by atoms with Crippen LogP contribution in [0.5, 0.6) is 5.75 Å². The molecule has 4 nitrogen and oxygen atoms in total. The lowest BCUT2D eigenvalue weighted by Gasteiger charge is -2.17. The zero-order valence-corrected chi connectivity index (χ0v) is 11.8. The lowest BCUT2D eigenvalue weighted by atomic mass is 10.2. The molecule has 0 spiro atoms. The topological polar surface area (TPSA) is 51.4 Å². The van der Waals surface area contributed by atoms with E-state index in [0.717, 1.165) is 24.4 Å². The second kappa shape index (κ2) is 7.62. The number of rotatable bonds is 7. The van der Waals surface area contributed by atoms with Gasteiger partial charge in [0.2, 0.25) is 0 Å². The highest BCUT2D eigenvalue weighted by Gasteiger charge is 2.03. The predicted molar refractivity (Wildman–Crippen MR) is 80.4 cm³/mol. The highest BCUT2D eigenvalue weighted by molar-refractivity contribution is 5.32. The van der Waals surface area contributed by atoms with E-state index in [0.29, 0.717) is 13.2 Å². The number of likely N-dealkylation sites (N-methyl/N-ethyl adjacent to an activating group) is 1. The van der Waals surface area contributed by atoms with Gasteiger partial charge in [-0.05, 0) is 24.7 Å². The summed E-state index contributed by atoms with van der Waals surface area (Å²) in [5.41, 5.74) is 7.94. The highest BCUT2D eigenvalue weighted by Crippen LogP contribution is 2.16. The van der Waals surface area contributed by atoms with Gasteiger partial charge in [0.25, 0.3) is 0 Å². The molecule has 0 amide bonds. The molecule has 2 rings (SSSR count). The molecule has 0 radical (unpaired) electrons. The molecular weight excluding hydrogens is 250 g/mol. The third-order valence-electron chi connectivity index (χ3n) is 3.10. The van der Waals surface area contributed by atoms with Crippen LogP contribution in [0.3, 0.4) is 0 Å². The minimum absolute atomic E-state index is 0.502. The molecule has 1 heterocycles. The van der Waals surface area contributed by atoms with E-state index in [-0.39, 0.29) is 0 Å². The Morgan fingerprint density at radius 1 is 1.20 bits per heavy atom. The molecule has 1 aromatic heterocycles. The zero-order valence-electron chi connectivity index (χ0n) is 11.8. The molecule has 0 fully saturated rings. The van der Waals surface area contributed by atoms with Crippen molar-refractivity contribution in [1.29, 1.82) is 0 Å². The van der Waals surface area contributed by atoms with Gasteiger partial charge < -0.3 is 10.5 Å². The summed E-state index contributed by atoms with van der Waals surface area (Å²) in [7, 11) is 2.07. The molecular formula is C16H21N3O. The van der Waals surface area contributed by atoms with Crippen LogP contribution in [0, 0.1) is 0 Å². The summed E-state index contributed by atoms with van der Waals surface area (Å²) < 4.78 is 5.80. The largest absolute Gasteiger partial charge is 0.492 e. The molecule has 106 valence electrons. The van der Waals surface area contributed by atoms with Gasteiger partial charge in [-0.15, -0.1) is 0 Å². The summed E-state index contributed by atoms with van der Waals surface area (Å²) in [6, 6.07) is 11.9. The first-order valence-electron chi connectivity index (χ1n) is 6.78. The Balaban J connectivity index is 1.78. The van der Waals surface area contributed by atoms with E-state index in [1.54, 1.807) is 6.20 Å². The van der Waals surface area contributed by atoms with Gasteiger partial charge in [-0.25, -0.2) is 0 Å². The maximum atomic E-state index is 5.80. The molecule has 1 aromatic carbocycles. The summed E-state index contributed by atoms with van der Waals surface area (Å²) in [6.07, 6.45) is 3.68. The number of ether oxygens (including phenoxy) is 1. The summed E-state index contributed by atoms with van der Waals surface area (Å²) in [5, 5.41) is 0. The first-order valence-corrected chi connectivity index (χ1v) is 6.78. The number of nitrogens with two attached hydrogens (primary N) is 1. The molecule has 2 N–H and O–H groups in total. The maximum absolute atomic E-state index is 5.80. The fourth-order valence-corrected chi connectivity index (χ4v) is 2.01. The quantitative estimate of drug-likeness (QED) is 0.837. The van der Waals surface area contributed by atoms with Crippen LogP contribution in [0.25, 0.3) is 0 Å². The first kappa shape index (κ1) is 14.5. The van der Waals surface area contributed by atoms with Crippen molar-refractivity contribution in [1.82, 2.24) is 9.88 Å². The van der Waals surface area contributed by atoms with Crippen molar-refractivity contribution in [3.63, 3.8) is 0 Å². The Hall–Kier alpha value is -1.91. The average Bonchev–Trinajstić information content (AvgIpc) is 2.49. The third-order valence-corrected chi connectivity index (χ3v) is 3.10. The van der Waals surface area contributed by atoms with Crippen LogP contribution in [0.4, 0.5) is 0 Å². The lowest BCUT2D eigenvalue weighted by molar-refractivity contribution is 0.231. The second-order valence-corrected chi connectivity index (χ2v) is 4.76. The fourth-order valence-electron chi connectivity index (χ4n) is 2.01. The van der Waals surface area contributed by atoms with Gasteiger partial charge in [0.1, 0.15) is 12.4 Å². The van der Waals surface area contributed by atoms with Crippen molar-refractivity contribution < 1.29 is 4.74 Å². The number of pyridine rings is 1. The monoisotopic (exact) mass is 271 g/mol. The summed E-state index contributed by atoms with van der Waals surface area (Å²) in [4.78, 5) is 6.33. The number of hydrogen-bond donors (Lipinski definition) is 1. The van der Waals surface area contributed by atoms with Crippen molar-refractivity contribution in [2.24, 2.45) is 5.73 Å². The molecule has 0 unspecified atom stereocenters. The van der Waals surface area contributed by atoms with Crippen LogP contribution < -0.4 is 10.5 Å². The third kappa shape index (κ3) is 4.33. The minimum Gasteiger partial charge on any atom is -0.492 e. The Kier molecular flexibility index (Phi) is 5.53. The number of para-hydroxylation sites is 1. The van der Waals surface area contributed by atoms with Crippen LogP contribution in [-0.2, 0) is 13.1 Å². The summed E-state index contributed by atoms with van der Waals surface area (Å²) in [6.45, 7) is 2.87. The SMILES string of the molecule is CN(CCOc1ccccc1CN)Cc1cccnc1. The fraction of sp³-hybridized carbons (Fsp3) is 0.312. The van der Waals surface area contributed by atoms with E-state index in [1.807, 2.05) is 36.5 Å². The molecule has 0 aliphatic heterocycles. The first-order chi connectivity index (χ1) is 9.79. The van der Waals surface area contributed by atoms with E-state index in [1.165, 1.54) is 5.56 Å². The Morgan fingerprint density at radius 2 is 2.05 bits per heavy atom. The molecule has 20 heavy (non-hydrogen) atoms. The smallest absolute Gasteiger partial charge is 0.123 e. The van der Waals surface area contributed by atoms with Gasteiger partial charge in [-0.1, -0.05) is 24.3 Å². The van der Waals surface area contributed by atoms with Crippen LogP contribution in [-0.4, -0.2) is 30.1 Å². The number of benzene rings is 1. The minimum atomic E-state index is 0.502. The predicted octanol–water partition coefficient (Wildman–Crippen LogP) is 2.05. The number of nitrogens with zero attached hydrogens (tertiary/aromatic N) is 2. The highest BCUT2D eigenvalue weighted by atomic mass is 16.5. The van der Waals surface area contributed by atoms with Crippen molar-refractivity contribution in [3.05, 3.63) is 59.9 Å². The van der Waals surface area contributed by atoms with Gasteiger partial charge in [-0.3, -0.25) is 9.88 Å². The molecule has 0 aliphatic rings. The van der Waals surface area contributed by atoms with E-state index in [4.69, 9.17) is 10.5 Å². The van der Waals surface area contributed by atoms with Gasteiger partial charge in [0.05, 0.1) is 0 Å². The van der Waals surface area contributed by atoms with E-state index >= 15 is 0 Å². The summed E-state index contributed by atoms with van der Waals surface area (Å²) in [5.74, 6) is 0.879. The van der Waals surface area contributed by atoms with Gasteiger partial charge in [-0.2, -0.15) is 0 Å². The van der Waals surface area contributed by atoms with E-state index in [9.17, 15) is 0 Å². The lowest BCUT2D eigenvalue weighted by Crippen LogP contribution is -2.24. The molecule has 0 bridgehead atoms. The summed E-state index contributed by atoms with van der Waals surface area (Å²) >= 11 is 0. The van der Waals surface area contributed by atoms with Crippen molar-refractivity contribution in [2.75, 3.05) is 20.2 Å². The van der Waals surface area contributed by atoms with Crippen LogP contribution in [0.15, 0.2) is 48.8 Å². The Bertz CT molecular complexity index is 516. The van der Waals surface area contributed by atoms with Crippen molar-refractivity contribution in [2.45, 2.75) is 13.1 Å². The normalized spacial score (nSPS) is 10.8. The maximum Gasteiger partial charge on any atom is 0.123 e. The van der Waals surface area contributed by atoms with Gasteiger partial charge in [0, 0.05) is 37.6 Å². The zero-order chi connectivity index (χ0) is 14.2. The standard InChI is InChI=1S/C16H21N3O/c1-19(13-14-5-4-8-18-12-14)9-10-20-16-7-3-2-6-15(16)11-17/h2-8,12H,9-11,13,17H2,1H3.